The number of aliphatic hydroxyl groups is 2. The van der Waals surface area contributed by atoms with Crippen LogP contribution in [-0.4, -0.2) is 47.0 Å². The standard InChI is InChI=1S/C12H23NO2/c14-9-3-8-13-7-2-5-11(13)10-4-1-6-12(10)15/h10-12,14-15H,1-9H2. The van der Waals surface area contributed by atoms with Gasteiger partial charge in [-0.3, -0.25) is 4.90 Å². The van der Waals surface area contributed by atoms with Gasteiger partial charge in [-0.15, -0.1) is 0 Å². The van der Waals surface area contributed by atoms with Gasteiger partial charge >= 0.3 is 0 Å². The van der Waals surface area contributed by atoms with Crippen LogP contribution in [0.5, 0.6) is 0 Å². The van der Waals surface area contributed by atoms with Gasteiger partial charge in [-0.1, -0.05) is 6.42 Å². The maximum Gasteiger partial charge on any atom is 0.0583 e. The third-order valence-corrected chi connectivity index (χ3v) is 4.04. The fourth-order valence-electron chi connectivity index (χ4n) is 3.31. The molecule has 2 aliphatic rings. The summed E-state index contributed by atoms with van der Waals surface area (Å²) in [6.07, 6.45) is 6.70. The molecule has 1 aliphatic heterocycles. The second-order valence-electron chi connectivity index (χ2n) is 4.98. The Kier molecular flexibility index (Phi) is 4.00. The predicted octanol–water partition coefficient (Wildman–Crippen LogP) is 0.994. The van der Waals surface area contributed by atoms with Crippen molar-refractivity contribution in [2.45, 2.75) is 50.7 Å². The zero-order valence-electron chi connectivity index (χ0n) is 9.44. The Morgan fingerprint density at radius 3 is 2.67 bits per heavy atom. The van der Waals surface area contributed by atoms with Gasteiger partial charge in [0, 0.05) is 25.1 Å². The minimum atomic E-state index is -0.0651. The second kappa shape index (κ2) is 5.28. The lowest BCUT2D eigenvalue weighted by Gasteiger charge is -2.31. The quantitative estimate of drug-likeness (QED) is 0.732. The van der Waals surface area contributed by atoms with Gasteiger partial charge in [0.15, 0.2) is 0 Å². The third-order valence-electron chi connectivity index (χ3n) is 4.04. The largest absolute Gasteiger partial charge is 0.396 e. The van der Waals surface area contributed by atoms with Gasteiger partial charge in [-0.05, 0) is 38.6 Å². The molecule has 1 saturated heterocycles. The molecule has 3 heteroatoms. The second-order valence-corrected chi connectivity index (χ2v) is 4.98. The zero-order chi connectivity index (χ0) is 10.7. The molecule has 3 nitrogen and oxygen atoms in total. The van der Waals surface area contributed by atoms with Gasteiger partial charge in [0.05, 0.1) is 6.10 Å². The lowest BCUT2D eigenvalue weighted by atomic mass is 9.94. The van der Waals surface area contributed by atoms with Crippen LogP contribution in [0.4, 0.5) is 0 Å². The van der Waals surface area contributed by atoms with E-state index in [4.69, 9.17) is 5.11 Å². The topological polar surface area (TPSA) is 43.7 Å². The average molecular weight is 213 g/mol. The Morgan fingerprint density at radius 1 is 1.13 bits per heavy atom. The van der Waals surface area contributed by atoms with Crippen molar-refractivity contribution >= 4 is 0 Å². The molecule has 2 N–H and O–H groups in total. The van der Waals surface area contributed by atoms with Crippen molar-refractivity contribution in [1.29, 1.82) is 0 Å². The highest BCUT2D eigenvalue weighted by atomic mass is 16.3. The van der Waals surface area contributed by atoms with Crippen molar-refractivity contribution in [3.63, 3.8) is 0 Å². The van der Waals surface area contributed by atoms with Crippen LogP contribution in [0.3, 0.4) is 0 Å². The van der Waals surface area contributed by atoms with Crippen molar-refractivity contribution in [2.75, 3.05) is 19.7 Å². The summed E-state index contributed by atoms with van der Waals surface area (Å²) in [5, 5.41) is 18.8. The highest BCUT2D eigenvalue weighted by Crippen LogP contribution is 2.35. The van der Waals surface area contributed by atoms with E-state index in [1.54, 1.807) is 0 Å². The summed E-state index contributed by atoms with van der Waals surface area (Å²) < 4.78 is 0. The van der Waals surface area contributed by atoms with Crippen LogP contribution in [0, 0.1) is 5.92 Å². The van der Waals surface area contributed by atoms with Crippen molar-refractivity contribution in [1.82, 2.24) is 4.90 Å². The number of nitrogens with zero attached hydrogens (tertiary/aromatic N) is 1. The fraction of sp³-hybridized carbons (Fsp3) is 1.00. The van der Waals surface area contributed by atoms with E-state index in [9.17, 15) is 5.11 Å². The summed E-state index contributed by atoms with van der Waals surface area (Å²) in [6, 6.07) is 0.592. The SMILES string of the molecule is OCCCN1CCCC1C1CCCC1O. The fourth-order valence-corrected chi connectivity index (χ4v) is 3.31. The molecular formula is C12H23NO2. The Hall–Kier alpha value is -0.120. The van der Waals surface area contributed by atoms with Crippen LogP contribution in [0.1, 0.15) is 38.5 Å². The van der Waals surface area contributed by atoms with E-state index in [0.29, 0.717) is 12.0 Å². The first-order chi connectivity index (χ1) is 7.33. The van der Waals surface area contributed by atoms with E-state index in [2.05, 4.69) is 4.90 Å². The highest BCUT2D eigenvalue weighted by Gasteiger charge is 2.37. The van der Waals surface area contributed by atoms with E-state index < -0.39 is 0 Å². The number of hydrogen-bond donors (Lipinski definition) is 2. The summed E-state index contributed by atoms with van der Waals surface area (Å²) in [6.45, 7) is 2.45. The molecule has 0 amide bonds. The maximum absolute atomic E-state index is 9.92. The Bertz CT molecular complexity index is 198. The normalized spacial score (nSPS) is 37.6. The monoisotopic (exact) mass is 213 g/mol. The Morgan fingerprint density at radius 2 is 2.00 bits per heavy atom. The minimum absolute atomic E-state index is 0.0651. The molecule has 0 aromatic carbocycles. The molecule has 0 aromatic rings. The number of hydrogen-bond acceptors (Lipinski definition) is 3. The van der Waals surface area contributed by atoms with E-state index >= 15 is 0 Å². The van der Waals surface area contributed by atoms with Gasteiger partial charge in [0.1, 0.15) is 0 Å². The van der Waals surface area contributed by atoms with Crippen molar-refractivity contribution in [3.05, 3.63) is 0 Å². The molecule has 1 heterocycles. The lowest BCUT2D eigenvalue weighted by molar-refractivity contribution is 0.0722. The molecule has 0 spiro atoms. The Balaban J connectivity index is 1.89. The molecule has 0 radical (unpaired) electrons. The summed E-state index contributed by atoms with van der Waals surface area (Å²) in [7, 11) is 0. The van der Waals surface area contributed by atoms with E-state index in [-0.39, 0.29) is 12.7 Å². The minimum Gasteiger partial charge on any atom is -0.396 e. The van der Waals surface area contributed by atoms with E-state index in [1.165, 1.54) is 25.7 Å². The van der Waals surface area contributed by atoms with Crippen molar-refractivity contribution in [3.8, 4) is 0 Å². The molecule has 1 saturated carbocycles. The van der Waals surface area contributed by atoms with Crippen LogP contribution in [-0.2, 0) is 0 Å². The first-order valence-corrected chi connectivity index (χ1v) is 6.36. The molecule has 1 aliphatic carbocycles. The molecule has 15 heavy (non-hydrogen) atoms. The smallest absolute Gasteiger partial charge is 0.0583 e. The van der Waals surface area contributed by atoms with Crippen molar-refractivity contribution in [2.24, 2.45) is 5.92 Å². The van der Waals surface area contributed by atoms with Crippen LogP contribution in [0.25, 0.3) is 0 Å². The molecule has 0 aromatic heterocycles. The highest BCUT2D eigenvalue weighted by molar-refractivity contribution is 4.91. The van der Waals surface area contributed by atoms with Gasteiger partial charge in [-0.2, -0.15) is 0 Å². The van der Waals surface area contributed by atoms with Crippen LogP contribution >= 0.6 is 0 Å². The molecule has 3 atom stereocenters. The number of aliphatic hydroxyl groups excluding tert-OH is 2. The third kappa shape index (κ3) is 2.52. The molecule has 0 bridgehead atoms. The van der Waals surface area contributed by atoms with Gasteiger partial charge in [-0.25, -0.2) is 0 Å². The maximum atomic E-state index is 9.92. The molecule has 88 valence electrons. The molecule has 3 unspecified atom stereocenters. The summed E-state index contributed by atoms with van der Waals surface area (Å²) in [5.41, 5.74) is 0. The summed E-state index contributed by atoms with van der Waals surface area (Å²) >= 11 is 0. The first kappa shape index (κ1) is 11.4. The predicted molar refractivity (Wildman–Crippen MR) is 59.6 cm³/mol. The van der Waals surface area contributed by atoms with E-state index in [0.717, 1.165) is 25.9 Å². The lowest BCUT2D eigenvalue weighted by Crippen LogP contribution is -2.39. The summed E-state index contributed by atoms with van der Waals surface area (Å²) in [4.78, 5) is 2.48. The van der Waals surface area contributed by atoms with Gasteiger partial charge in [0.2, 0.25) is 0 Å². The number of rotatable bonds is 4. The Labute approximate surface area is 92.1 Å². The van der Waals surface area contributed by atoms with Crippen molar-refractivity contribution < 1.29 is 10.2 Å². The number of likely N-dealkylation sites (tertiary alicyclic amines) is 1. The van der Waals surface area contributed by atoms with E-state index in [1.807, 2.05) is 0 Å². The van der Waals surface area contributed by atoms with Crippen LogP contribution < -0.4 is 0 Å². The average Bonchev–Trinajstić information content (AvgIpc) is 2.82. The van der Waals surface area contributed by atoms with Gasteiger partial charge in [0.25, 0.3) is 0 Å². The zero-order valence-corrected chi connectivity index (χ0v) is 9.44. The van der Waals surface area contributed by atoms with Gasteiger partial charge < -0.3 is 10.2 Å². The molecular weight excluding hydrogens is 190 g/mol. The van der Waals surface area contributed by atoms with Crippen LogP contribution in [0.15, 0.2) is 0 Å². The molecule has 2 fully saturated rings. The first-order valence-electron chi connectivity index (χ1n) is 6.36. The summed E-state index contributed by atoms with van der Waals surface area (Å²) in [5.74, 6) is 0.506. The van der Waals surface area contributed by atoms with Crippen LogP contribution in [0.2, 0.25) is 0 Å². The molecule has 2 rings (SSSR count).